The van der Waals surface area contributed by atoms with E-state index in [4.69, 9.17) is 9.72 Å². The third kappa shape index (κ3) is 4.44. The van der Waals surface area contributed by atoms with Crippen molar-refractivity contribution in [3.8, 4) is 17.0 Å². The van der Waals surface area contributed by atoms with Gasteiger partial charge in [-0.3, -0.25) is 10.1 Å². The van der Waals surface area contributed by atoms with Crippen LogP contribution in [0.5, 0.6) is 5.75 Å². The predicted molar refractivity (Wildman–Crippen MR) is 123 cm³/mol. The van der Waals surface area contributed by atoms with Gasteiger partial charge in [-0.15, -0.1) is 10.2 Å². The molecule has 6 nitrogen and oxygen atoms in total. The molecule has 2 aromatic carbocycles. The molecule has 2 heterocycles. The van der Waals surface area contributed by atoms with Gasteiger partial charge in [0.05, 0.1) is 23.4 Å². The summed E-state index contributed by atoms with van der Waals surface area (Å²) in [6, 6.07) is 17.1. The second-order valence-electron chi connectivity index (χ2n) is 6.29. The lowest BCUT2D eigenvalue weighted by Crippen LogP contribution is -2.13. The molecule has 0 atom stereocenters. The summed E-state index contributed by atoms with van der Waals surface area (Å²) in [5, 5.41) is 12.3. The van der Waals surface area contributed by atoms with Crippen molar-refractivity contribution in [2.75, 3.05) is 17.7 Å². The van der Waals surface area contributed by atoms with E-state index in [0.29, 0.717) is 17.3 Å². The first-order chi connectivity index (χ1) is 14.7. The van der Waals surface area contributed by atoms with Crippen molar-refractivity contribution in [2.24, 2.45) is 0 Å². The number of aromatic nitrogens is 3. The van der Waals surface area contributed by atoms with Gasteiger partial charge >= 0.3 is 0 Å². The summed E-state index contributed by atoms with van der Waals surface area (Å²) in [5.41, 5.74) is 2.94. The summed E-state index contributed by atoms with van der Waals surface area (Å²) in [5.74, 6) is 1.48. The first kappa shape index (κ1) is 20.3. The van der Waals surface area contributed by atoms with Crippen LogP contribution in [-0.2, 0) is 0 Å². The number of carbonyl (C=O) groups excluding carboxylic acids is 1. The van der Waals surface area contributed by atoms with Gasteiger partial charge < -0.3 is 4.74 Å². The first-order valence-corrected chi connectivity index (χ1v) is 11.4. The van der Waals surface area contributed by atoms with Crippen LogP contribution in [0.15, 0.2) is 58.9 Å². The van der Waals surface area contributed by atoms with E-state index in [-0.39, 0.29) is 5.91 Å². The molecular weight excluding hydrogens is 416 g/mol. The number of pyridine rings is 1. The second-order valence-corrected chi connectivity index (χ2v) is 8.78. The molecular formula is C22H20N4O2S2. The van der Waals surface area contributed by atoms with Gasteiger partial charge in [0, 0.05) is 10.9 Å². The van der Waals surface area contributed by atoms with Gasteiger partial charge in [-0.1, -0.05) is 48.2 Å². The van der Waals surface area contributed by atoms with Gasteiger partial charge in [-0.25, -0.2) is 4.98 Å². The lowest BCUT2D eigenvalue weighted by molar-refractivity contribution is 0.102. The molecule has 0 fully saturated rings. The number of benzene rings is 2. The number of thioether (sulfide) groups is 1. The van der Waals surface area contributed by atoms with Crippen LogP contribution >= 0.6 is 23.1 Å². The van der Waals surface area contributed by atoms with Crippen LogP contribution in [0.2, 0.25) is 0 Å². The Morgan fingerprint density at radius 2 is 1.90 bits per heavy atom. The molecule has 0 radical (unpaired) electrons. The van der Waals surface area contributed by atoms with E-state index in [1.54, 1.807) is 11.8 Å². The van der Waals surface area contributed by atoms with E-state index in [1.807, 2.05) is 61.5 Å². The first-order valence-electron chi connectivity index (χ1n) is 9.58. The van der Waals surface area contributed by atoms with E-state index in [1.165, 1.54) is 11.3 Å². The fourth-order valence-corrected chi connectivity index (χ4v) is 4.65. The topological polar surface area (TPSA) is 77.0 Å². The van der Waals surface area contributed by atoms with Gasteiger partial charge in [0.2, 0.25) is 5.13 Å². The van der Waals surface area contributed by atoms with Crippen molar-refractivity contribution >= 4 is 45.0 Å². The SMILES string of the molecule is CCOc1ccc(-c2cc(C(=O)Nc3nnc(SCC)s3)c3ccccc3n2)cc1. The Balaban J connectivity index is 1.69. The zero-order valence-corrected chi connectivity index (χ0v) is 18.2. The largest absolute Gasteiger partial charge is 0.494 e. The lowest BCUT2D eigenvalue weighted by Gasteiger charge is -2.10. The fourth-order valence-electron chi connectivity index (χ4n) is 3.01. The van der Waals surface area contributed by atoms with Crippen LogP contribution in [0, 0.1) is 0 Å². The molecule has 0 unspecified atom stereocenters. The Hall–Kier alpha value is -2.97. The predicted octanol–water partition coefficient (Wildman–Crippen LogP) is 5.52. The summed E-state index contributed by atoms with van der Waals surface area (Å²) in [6.07, 6.45) is 0. The van der Waals surface area contributed by atoms with Gasteiger partial charge in [0.15, 0.2) is 4.34 Å². The smallest absolute Gasteiger partial charge is 0.258 e. The summed E-state index contributed by atoms with van der Waals surface area (Å²) in [6.45, 7) is 4.61. The van der Waals surface area contributed by atoms with E-state index < -0.39 is 0 Å². The Kier molecular flexibility index (Phi) is 6.25. The number of nitrogens with one attached hydrogen (secondary N) is 1. The van der Waals surface area contributed by atoms with E-state index >= 15 is 0 Å². The molecule has 0 bridgehead atoms. The molecule has 2 aromatic heterocycles. The minimum Gasteiger partial charge on any atom is -0.494 e. The molecule has 152 valence electrons. The highest BCUT2D eigenvalue weighted by molar-refractivity contribution is 8.01. The molecule has 0 aliphatic heterocycles. The molecule has 0 spiro atoms. The molecule has 1 N–H and O–H groups in total. The second kappa shape index (κ2) is 9.23. The number of para-hydroxylation sites is 1. The van der Waals surface area contributed by atoms with E-state index in [2.05, 4.69) is 22.4 Å². The molecule has 0 saturated carbocycles. The van der Waals surface area contributed by atoms with Crippen LogP contribution in [0.4, 0.5) is 5.13 Å². The zero-order chi connectivity index (χ0) is 20.9. The maximum absolute atomic E-state index is 13.1. The molecule has 8 heteroatoms. The highest BCUT2D eigenvalue weighted by atomic mass is 32.2. The molecule has 0 aliphatic carbocycles. The van der Waals surface area contributed by atoms with Gasteiger partial charge in [0.1, 0.15) is 5.75 Å². The Morgan fingerprint density at radius 1 is 1.10 bits per heavy atom. The maximum atomic E-state index is 13.1. The normalized spacial score (nSPS) is 10.9. The van der Waals surface area contributed by atoms with Crippen molar-refractivity contribution in [3.05, 3.63) is 60.2 Å². The molecule has 30 heavy (non-hydrogen) atoms. The number of amides is 1. The standard InChI is InChI=1S/C22H20N4O2S2/c1-3-28-15-11-9-14(10-12-15)19-13-17(16-7-5-6-8-18(16)23-19)20(27)24-21-25-26-22(30-21)29-4-2/h5-13H,3-4H2,1-2H3,(H,24,25,27). The average molecular weight is 437 g/mol. The highest BCUT2D eigenvalue weighted by Crippen LogP contribution is 2.29. The zero-order valence-electron chi connectivity index (χ0n) is 16.6. The Morgan fingerprint density at radius 3 is 2.67 bits per heavy atom. The van der Waals surface area contributed by atoms with Crippen LogP contribution in [0.25, 0.3) is 22.2 Å². The lowest BCUT2D eigenvalue weighted by atomic mass is 10.0. The van der Waals surface area contributed by atoms with Gasteiger partial charge in [0.25, 0.3) is 5.91 Å². The minimum atomic E-state index is -0.231. The van der Waals surface area contributed by atoms with Gasteiger partial charge in [-0.2, -0.15) is 0 Å². The number of carbonyl (C=O) groups is 1. The molecule has 0 aliphatic rings. The number of anilines is 1. The van der Waals surface area contributed by atoms with Crippen LogP contribution in [0.1, 0.15) is 24.2 Å². The number of fused-ring (bicyclic) bond motifs is 1. The van der Waals surface area contributed by atoms with Gasteiger partial charge in [-0.05, 0) is 49.1 Å². The number of nitrogens with zero attached hydrogens (tertiary/aromatic N) is 3. The summed E-state index contributed by atoms with van der Waals surface area (Å²) < 4.78 is 6.35. The summed E-state index contributed by atoms with van der Waals surface area (Å²) in [4.78, 5) is 17.8. The van der Waals surface area contributed by atoms with E-state index in [0.717, 1.165) is 38.0 Å². The summed E-state index contributed by atoms with van der Waals surface area (Å²) in [7, 11) is 0. The third-order valence-electron chi connectivity index (χ3n) is 4.32. The molecule has 0 saturated heterocycles. The maximum Gasteiger partial charge on any atom is 0.258 e. The van der Waals surface area contributed by atoms with Crippen LogP contribution in [0.3, 0.4) is 0 Å². The average Bonchev–Trinajstić information content (AvgIpc) is 3.21. The quantitative estimate of drug-likeness (QED) is 0.304. The molecule has 4 rings (SSSR count). The number of hydrogen-bond acceptors (Lipinski definition) is 7. The number of rotatable bonds is 7. The van der Waals surface area contributed by atoms with Crippen molar-refractivity contribution < 1.29 is 9.53 Å². The van der Waals surface area contributed by atoms with Crippen LogP contribution in [-0.4, -0.2) is 33.4 Å². The fraction of sp³-hybridized carbons (Fsp3) is 0.182. The van der Waals surface area contributed by atoms with Crippen LogP contribution < -0.4 is 10.1 Å². The highest BCUT2D eigenvalue weighted by Gasteiger charge is 2.16. The monoisotopic (exact) mass is 436 g/mol. The van der Waals surface area contributed by atoms with Crippen molar-refractivity contribution in [1.29, 1.82) is 0 Å². The van der Waals surface area contributed by atoms with Crippen molar-refractivity contribution in [3.63, 3.8) is 0 Å². The third-order valence-corrected chi connectivity index (χ3v) is 6.17. The Bertz CT molecular complexity index is 1180. The molecule has 1 amide bonds. The van der Waals surface area contributed by atoms with Crippen molar-refractivity contribution in [1.82, 2.24) is 15.2 Å². The Labute approximate surface area is 182 Å². The summed E-state index contributed by atoms with van der Waals surface area (Å²) >= 11 is 2.97. The van der Waals surface area contributed by atoms with Crippen molar-refractivity contribution in [2.45, 2.75) is 18.2 Å². The minimum absolute atomic E-state index is 0.231. The molecule has 4 aromatic rings. The number of ether oxygens (including phenoxy) is 1. The number of hydrogen-bond donors (Lipinski definition) is 1. The van der Waals surface area contributed by atoms with E-state index in [9.17, 15) is 4.79 Å².